The molecule has 0 spiro atoms. The molecule has 10 heteroatoms. The fourth-order valence-electron chi connectivity index (χ4n) is 2.14. The van der Waals surface area contributed by atoms with Crippen LogP contribution in [-0.4, -0.2) is 29.6 Å². The number of anilines is 1. The van der Waals surface area contributed by atoms with Gasteiger partial charge in [0.25, 0.3) is 5.69 Å². The van der Waals surface area contributed by atoms with Gasteiger partial charge in [-0.2, -0.15) is 5.10 Å². The molecule has 2 N–H and O–H groups in total. The van der Waals surface area contributed by atoms with Crippen molar-refractivity contribution < 1.29 is 19.2 Å². The van der Waals surface area contributed by atoms with Gasteiger partial charge in [0.05, 0.1) is 30.6 Å². The maximum Gasteiger partial charge on any atom is 0.271 e. The van der Waals surface area contributed by atoms with E-state index in [4.69, 9.17) is 4.74 Å². The van der Waals surface area contributed by atoms with Gasteiger partial charge in [-0.15, -0.1) is 11.3 Å². The lowest BCUT2D eigenvalue weighted by Gasteiger charge is -2.10. The van der Waals surface area contributed by atoms with Crippen molar-refractivity contribution in [2.24, 2.45) is 5.10 Å². The molecule has 0 bridgehead atoms. The molecule has 0 saturated carbocycles. The van der Waals surface area contributed by atoms with Crippen LogP contribution in [0.1, 0.15) is 18.2 Å². The number of rotatable bonds is 8. The molecule has 1 aromatic heterocycles. The second-order valence-corrected chi connectivity index (χ2v) is 6.54. The van der Waals surface area contributed by atoms with E-state index >= 15 is 0 Å². The average molecular weight is 390 g/mol. The van der Waals surface area contributed by atoms with Crippen LogP contribution in [0.4, 0.5) is 11.4 Å². The number of methoxy groups -OCH3 is 1. The Balaban J connectivity index is 1.93. The normalized spacial score (nSPS) is 11.0. The largest absolute Gasteiger partial charge is 0.495 e. The second kappa shape index (κ2) is 9.43. The Labute approximate surface area is 159 Å². The molecule has 0 fully saturated rings. The average Bonchev–Trinajstić information content (AvgIpc) is 3.12. The maximum absolute atomic E-state index is 12.1. The molecule has 1 aromatic carbocycles. The number of carbonyl (C=O) groups is 2. The first-order chi connectivity index (χ1) is 12.9. The highest BCUT2D eigenvalue weighted by Crippen LogP contribution is 2.28. The maximum atomic E-state index is 12.1. The van der Waals surface area contributed by atoms with E-state index < -0.39 is 10.8 Å². The quantitative estimate of drug-likeness (QED) is 0.407. The van der Waals surface area contributed by atoms with E-state index in [1.165, 1.54) is 36.6 Å². The number of nitrogens with zero attached hydrogens (tertiary/aromatic N) is 2. The van der Waals surface area contributed by atoms with Gasteiger partial charge in [0.1, 0.15) is 5.75 Å². The lowest BCUT2D eigenvalue weighted by Crippen LogP contribution is -2.22. The zero-order valence-corrected chi connectivity index (χ0v) is 15.5. The van der Waals surface area contributed by atoms with Gasteiger partial charge in [0.2, 0.25) is 11.8 Å². The van der Waals surface area contributed by atoms with Crippen molar-refractivity contribution in [2.45, 2.75) is 19.8 Å². The van der Waals surface area contributed by atoms with Gasteiger partial charge in [-0.05, 0) is 24.4 Å². The first kappa shape index (κ1) is 20.0. The summed E-state index contributed by atoms with van der Waals surface area (Å²) in [6, 6.07) is 7.60. The van der Waals surface area contributed by atoms with Crippen molar-refractivity contribution in [1.29, 1.82) is 0 Å². The van der Waals surface area contributed by atoms with Crippen molar-refractivity contribution in [3.63, 3.8) is 0 Å². The third kappa shape index (κ3) is 6.19. The van der Waals surface area contributed by atoms with E-state index in [-0.39, 0.29) is 30.1 Å². The van der Waals surface area contributed by atoms with E-state index in [0.717, 1.165) is 4.88 Å². The first-order valence-electron chi connectivity index (χ1n) is 7.85. The predicted octanol–water partition coefficient (Wildman–Crippen LogP) is 2.73. The van der Waals surface area contributed by atoms with Gasteiger partial charge in [0, 0.05) is 22.7 Å². The number of nitrogens with one attached hydrogen (secondary N) is 2. The van der Waals surface area contributed by atoms with Crippen LogP contribution in [0.15, 0.2) is 40.8 Å². The van der Waals surface area contributed by atoms with E-state index in [1.54, 1.807) is 6.92 Å². The Bertz CT molecular complexity index is 864. The van der Waals surface area contributed by atoms with Crippen LogP contribution in [0, 0.1) is 10.1 Å². The van der Waals surface area contributed by atoms with Crippen LogP contribution in [0.25, 0.3) is 0 Å². The van der Waals surface area contributed by atoms with Gasteiger partial charge in [-0.25, -0.2) is 5.43 Å². The van der Waals surface area contributed by atoms with Gasteiger partial charge in [0.15, 0.2) is 0 Å². The molecule has 0 aliphatic rings. The molecule has 27 heavy (non-hydrogen) atoms. The fourth-order valence-corrected chi connectivity index (χ4v) is 2.85. The van der Waals surface area contributed by atoms with Crippen molar-refractivity contribution in [3.8, 4) is 5.75 Å². The molecule has 0 aliphatic carbocycles. The Hall–Kier alpha value is -3.27. The molecule has 0 unspecified atom stereocenters. The fraction of sp³-hybridized carbons (Fsp3) is 0.235. The van der Waals surface area contributed by atoms with Gasteiger partial charge in [-0.1, -0.05) is 6.07 Å². The van der Waals surface area contributed by atoms with Crippen LogP contribution in [0.5, 0.6) is 5.75 Å². The summed E-state index contributed by atoms with van der Waals surface area (Å²) in [5.41, 5.74) is 2.80. The summed E-state index contributed by atoms with van der Waals surface area (Å²) < 4.78 is 5.09. The van der Waals surface area contributed by atoms with Crippen molar-refractivity contribution in [2.75, 3.05) is 12.4 Å². The number of thiophene rings is 1. The zero-order valence-electron chi connectivity index (χ0n) is 14.7. The number of benzene rings is 1. The SMILES string of the molecule is COc1ccc([N+](=O)[O-])cc1NC(=O)C/C(C)=N/NC(=O)Cc1cccs1. The number of hydrogen-bond acceptors (Lipinski definition) is 7. The third-order valence-electron chi connectivity index (χ3n) is 3.37. The number of nitro benzene ring substituents is 1. The number of carbonyl (C=O) groups excluding carboxylic acids is 2. The number of amides is 2. The smallest absolute Gasteiger partial charge is 0.271 e. The molecular weight excluding hydrogens is 372 g/mol. The Morgan fingerprint density at radius 1 is 1.30 bits per heavy atom. The van der Waals surface area contributed by atoms with Crippen LogP contribution in [0.2, 0.25) is 0 Å². The standard InChI is InChI=1S/C17H18N4O5S/c1-11(19-20-17(23)10-13-4-3-7-27-13)8-16(22)18-14-9-12(21(24)25)5-6-15(14)26-2/h3-7,9H,8,10H2,1-2H3,(H,18,22)(H,20,23)/b19-11+. The summed E-state index contributed by atoms with van der Waals surface area (Å²) >= 11 is 1.47. The van der Waals surface area contributed by atoms with Crippen LogP contribution in [-0.2, 0) is 16.0 Å². The Kier molecular flexibility index (Phi) is 7.00. The van der Waals surface area contributed by atoms with Crippen LogP contribution in [0.3, 0.4) is 0 Å². The monoisotopic (exact) mass is 390 g/mol. The highest BCUT2D eigenvalue weighted by molar-refractivity contribution is 7.10. The van der Waals surface area contributed by atoms with E-state index in [1.807, 2.05) is 17.5 Å². The number of hydrazone groups is 1. The van der Waals surface area contributed by atoms with E-state index in [0.29, 0.717) is 11.5 Å². The second-order valence-electron chi connectivity index (χ2n) is 5.50. The molecule has 0 atom stereocenters. The molecule has 0 saturated heterocycles. The van der Waals surface area contributed by atoms with Crippen molar-refractivity contribution >= 4 is 40.2 Å². The van der Waals surface area contributed by atoms with Crippen molar-refractivity contribution in [3.05, 3.63) is 50.7 Å². The number of ether oxygens (including phenoxy) is 1. The Morgan fingerprint density at radius 2 is 2.07 bits per heavy atom. The minimum atomic E-state index is -0.565. The van der Waals surface area contributed by atoms with Gasteiger partial charge < -0.3 is 10.1 Å². The topological polar surface area (TPSA) is 123 Å². The Morgan fingerprint density at radius 3 is 2.70 bits per heavy atom. The minimum absolute atomic E-state index is 0.0921. The van der Waals surface area contributed by atoms with Gasteiger partial charge in [-0.3, -0.25) is 19.7 Å². The lowest BCUT2D eigenvalue weighted by molar-refractivity contribution is -0.384. The zero-order chi connectivity index (χ0) is 19.8. The van der Waals surface area contributed by atoms with Gasteiger partial charge >= 0.3 is 0 Å². The number of hydrogen-bond donors (Lipinski definition) is 2. The highest BCUT2D eigenvalue weighted by atomic mass is 32.1. The summed E-state index contributed by atoms with van der Waals surface area (Å²) in [5.74, 6) is -0.423. The molecule has 2 amide bonds. The summed E-state index contributed by atoms with van der Waals surface area (Å²) in [6.45, 7) is 1.59. The summed E-state index contributed by atoms with van der Waals surface area (Å²) in [6.07, 6.45) is 0.122. The molecule has 0 radical (unpaired) electrons. The predicted molar refractivity (Wildman–Crippen MR) is 102 cm³/mol. The van der Waals surface area contributed by atoms with Crippen LogP contribution < -0.4 is 15.5 Å². The lowest BCUT2D eigenvalue weighted by atomic mass is 10.2. The highest BCUT2D eigenvalue weighted by Gasteiger charge is 2.14. The molecule has 2 rings (SSSR count). The van der Waals surface area contributed by atoms with Crippen LogP contribution >= 0.6 is 11.3 Å². The van der Waals surface area contributed by atoms with Crippen molar-refractivity contribution in [1.82, 2.24) is 5.43 Å². The van der Waals surface area contributed by atoms with E-state index in [9.17, 15) is 19.7 Å². The molecule has 142 valence electrons. The first-order valence-corrected chi connectivity index (χ1v) is 8.73. The minimum Gasteiger partial charge on any atom is -0.495 e. The summed E-state index contributed by atoms with van der Waals surface area (Å²) in [7, 11) is 1.40. The molecule has 1 heterocycles. The summed E-state index contributed by atoms with van der Waals surface area (Å²) in [4.78, 5) is 35.1. The molecular formula is C17H18N4O5S. The third-order valence-corrected chi connectivity index (χ3v) is 4.25. The molecule has 2 aromatic rings. The van der Waals surface area contributed by atoms with E-state index in [2.05, 4.69) is 15.8 Å². The summed E-state index contributed by atoms with van der Waals surface area (Å²) in [5, 5.41) is 19.2. The molecule has 0 aliphatic heterocycles. The molecule has 9 nitrogen and oxygen atoms in total. The number of non-ortho nitro benzene ring substituents is 1. The number of nitro groups is 1.